The molecule has 1 aliphatic heterocycles. The number of carbonyl (C=O) groups excluding carboxylic acids is 2. The normalized spacial score (nSPS) is 14.3. The molecule has 30 heavy (non-hydrogen) atoms. The zero-order valence-electron chi connectivity index (χ0n) is 16.8. The number of rotatable bonds is 5. The van der Waals surface area contributed by atoms with Crippen LogP contribution >= 0.6 is 0 Å². The van der Waals surface area contributed by atoms with Crippen LogP contribution in [0.1, 0.15) is 5.56 Å². The van der Waals surface area contributed by atoms with Gasteiger partial charge in [-0.15, -0.1) is 0 Å². The molecule has 1 aliphatic rings. The summed E-state index contributed by atoms with van der Waals surface area (Å²) in [5.41, 5.74) is 2.16. The molecule has 0 unspecified atom stereocenters. The molecular weight excluding hydrogens is 374 g/mol. The lowest BCUT2D eigenvalue weighted by atomic mass is 10.0. The lowest BCUT2D eigenvalue weighted by Gasteiger charge is -2.36. The summed E-state index contributed by atoms with van der Waals surface area (Å²) in [5, 5.41) is 4.93. The van der Waals surface area contributed by atoms with Gasteiger partial charge in [-0.05, 0) is 34.5 Å². The van der Waals surface area contributed by atoms with Crippen LogP contribution in [0, 0.1) is 0 Å². The number of amides is 2. The Bertz CT molecular complexity index is 1050. The SMILES string of the molecule is O=C(/C=C/c1cccc2ccccc12)NCC(=O)N1CCN(c2ccccc2)CC1. The van der Waals surface area contributed by atoms with Crippen molar-refractivity contribution in [3.63, 3.8) is 0 Å². The van der Waals surface area contributed by atoms with Crippen LogP contribution in [0.2, 0.25) is 0 Å². The number of anilines is 1. The molecule has 0 atom stereocenters. The maximum atomic E-state index is 12.5. The second kappa shape index (κ2) is 9.27. The second-order valence-corrected chi connectivity index (χ2v) is 7.32. The summed E-state index contributed by atoms with van der Waals surface area (Å²) in [6.45, 7) is 2.93. The van der Waals surface area contributed by atoms with E-state index in [1.807, 2.05) is 65.6 Å². The van der Waals surface area contributed by atoms with E-state index < -0.39 is 0 Å². The van der Waals surface area contributed by atoms with Crippen LogP contribution in [-0.4, -0.2) is 49.4 Å². The number of fused-ring (bicyclic) bond motifs is 1. The molecular formula is C25H25N3O2. The molecule has 3 aromatic carbocycles. The molecule has 0 radical (unpaired) electrons. The lowest BCUT2D eigenvalue weighted by molar-refractivity contribution is -0.132. The number of piperazine rings is 1. The minimum atomic E-state index is -0.265. The van der Waals surface area contributed by atoms with Crippen LogP contribution in [0.25, 0.3) is 16.8 Å². The van der Waals surface area contributed by atoms with E-state index >= 15 is 0 Å². The minimum absolute atomic E-state index is 0.0179. The van der Waals surface area contributed by atoms with E-state index in [0.717, 1.165) is 29.4 Å². The number of nitrogens with one attached hydrogen (secondary N) is 1. The summed E-state index contributed by atoms with van der Waals surface area (Å²) in [5.74, 6) is -0.311. The molecule has 1 heterocycles. The molecule has 0 aromatic heterocycles. The molecule has 0 saturated carbocycles. The highest BCUT2D eigenvalue weighted by molar-refractivity contribution is 5.97. The maximum absolute atomic E-state index is 12.5. The van der Waals surface area contributed by atoms with Crippen molar-refractivity contribution in [2.75, 3.05) is 37.6 Å². The molecule has 0 spiro atoms. The van der Waals surface area contributed by atoms with Crippen molar-refractivity contribution >= 4 is 34.4 Å². The molecule has 1 fully saturated rings. The Morgan fingerprint density at radius 2 is 1.53 bits per heavy atom. The molecule has 0 aliphatic carbocycles. The second-order valence-electron chi connectivity index (χ2n) is 7.32. The van der Waals surface area contributed by atoms with Crippen LogP contribution in [0.4, 0.5) is 5.69 Å². The Morgan fingerprint density at radius 1 is 0.833 bits per heavy atom. The van der Waals surface area contributed by atoms with Gasteiger partial charge in [0.15, 0.2) is 0 Å². The van der Waals surface area contributed by atoms with Crippen LogP contribution < -0.4 is 10.2 Å². The molecule has 0 bridgehead atoms. The first kappa shape index (κ1) is 19.7. The third-order valence-electron chi connectivity index (χ3n) is 5.41. The zero-order valence-corrected chi connectivity index (χ0v) is 16.8. The van der Waals surface area contributed by atoms with E-state index in [1.54, 1.807) is 6.08 Å². The molecule has 1 N–H and O–H groups in total. The monoisotopic (exact) mass is 399 g/mol. The maximum Gasteiger partial charge on any atom is 0.244 e. The summed E-state index contributed by atoms with van der Waals surface area (Å²) in [6, 6.07) is 24.3. The van der Waals surface area contributed by atoms with Gasteiger partial charge in [0.25, 0.3) is 0 Å². The highest BCUT2D eigenvalue weighted by Crippen LogP contribution is 2.19. The molecule has 4 rings (SSSR count). The molecule has 152 valence electrons. The highest BCUT2D eigenvalue weighted by atomic mass is 16.2. The fourth-order valence-electron chi connectivity index (χ4n) is 3.75. The van der Waals surface area contributed by atoms with Gasteiger partial charge in [-0.1, -0.05) is 60.7 Å². The van der Waals surface area contributed by atoms with Gasteiger partial charge in [-0.3, -0.25) is 9.59 Å². The number of nitrogens with zero attached hydrogens (tertiary/aromatic N) is 2. The average molecular weight is 399 g/mol. The molecule has 5 nitrogen and oxygen atoms in total. The number of benzene rings is 3. The van der Waals surface area contributed by atoms with Crippen molar-refractivity contribution < 1.29 is 9.59 Å². The number of carbonyl (C=O) groups is 2. The first-order valence-electron chi connectivity index (χ1n) is 10.2. The summed E-state index contributed by atoms with van der Waals surface area (Å²) in [6.07, 6.45) is 3.28. The van der Waals surface area contributed by atoms with Gasteiger partial charge in [-0.25, -0.2) is 0 Å². The number of hydrogen-bond acceptors (Lipinski definition) is 3. The quantitative estimate of drug-likeness (QED) is 0.670. The molecule has 5 heteroatoms. The van der Waals surface area contributed by atoms with Crippen LogP contribution in [0.3, 0.4) is 0 Å². The summed E-state index contributed by atoms with van der Waals surface area (Å²) < 4.78 is 0. The Labute approximate surface area is 176 Å². The van der Waals surface area contributed by atoms with E-state index in [0.29, 0.717) is 13.1 Å². The van der Waals surface area contributed by atoms with E-state index in [4.69, 9.17) is 0 Å². The smallest absolute Gasteiger partial charge is 0.244 e. The largest absolute Gasteiger partial charge is 0.368 e. The third kappa shape index (κ3) is 4.69. The Balaban J connectivity index is 1.27. The van der Waals surface area contributed by atoms with Gasteiger partial charge in [-0.2, -0.15) is 0 Å². The number of hydrogen-bond donors (Lipinski definition) is 1. The summed E-state index contributed by atoms with van der Waals surface area (Å²) in [7, 11) is 0. The molecule has 1 saturated heterocycles. The van der Waals surface area contributed by atoms with E-state index in [2.05, 4.69) is 22.3 Å². The summed E-state index contributed by atoms with van der Waals surface area (Å²) in [4.78, 5) is 28.7. The van der Waals surface area contributed by atoms with E-state index in [9.17, 15) is 9.59 Å². The predicted molar refractivity (Wildman–Crippen MR) is 121 cm³/mol. The van der Waals surface area contributed by atoms with Gasteiger partial charge < -0.3 is 15.1 Å². The average Bonchev–Trinajstić information content (AvgIpc) is 2.82. The van der Waals surface area contributed by atoms with E-state index in [-0.39, 0.29) is 18.4 Å². The van der Waals surface area contributed by atoms with Crippen molar-refractivity contribution in [2.45, 2.75) is 0 Å². The fraction of sp³-hybridized carbons (Fsp3) is 0.200. The Hall–Kier alpha value is -3.60. The fourth-order valence-corrected chi connectivity index (χ4v) is 3.75. The third-order valence-corrected chi connectivity index (χ3v) is 5.41. The summed E-state index contributed by atoms with van der Waals surface area (Å²) >= 11 is 0. The molecule has 3 aromatic rings. The van der Waals surface area contributed by atoms with Gasteiger partial charge in [0.2, 0.25) is 11.8 Å². The van der Waals surface area contributed by atoms with Crippen LogP contribution in [-0.2, 0) is 9.59 Å². The van der Waals surface area contributed by atoms with Gasteiger partial charge >= 0.3 is 0 Å². The predicted octanol–water partition coefficient (Wildman–Crippen LogP) is 3.32. The topological polar surface area (TPSA) is 52.7 Å². The van der Waals surface area contributed by atoms with Gasteiger partial charge in [0, 0.05) is 37.9 Å². The standard InChI is InChI=1S/C25H25N3O2/c29-24(14-13-21-9-6-8-20-7-4-5-12-23(20)21)26-19-25(30)28-17-15-27(16-18-28)22-10-2-1-3-11-22/h1-14H,15-19H2,(H,26,29)/b14-13+. The van der Waals surface area contributed by atoms with Crippen LogP contribution in [0.5, 0.6) is 0 Å². The number of para-hydroxylation sites is 1. The highest BCUT2D eigenvalue weighted by Gasteiger charge is 2.21. The van der Waals surface area contributed by atoms with Crippen molar-refractivity contribution in [1.82, 2.24) is 10.2 Å². The van der Waals surface area contributed by atoms with Gasteiger partial charge in [0.1, 0.15) is 0 Å². The van der Waals surface area contributed by atoms with Crippen molar-refractivity contribution in [2.24, 2.45) is 0 Å². The lowest BCUT2D eigenvalue weighted by Crippen LogP contribution is -2.51. The van der Waals surface area contributed by atoms with Gasteiger partial charge in [0.05, 0.1) is 6.54 Å². The van der Waals surface area contributed by atoms with E-state index in [1.165, 1.54) is 11.8 Å². The van der Waals surface area contributed by atoms with Crippen molar-refractivity contribution in [1.29, 1.82) is 0 Å². The minimum Gasteiger partial charge on any atom is -0.368 e. The van der Waals surface area contributed by atoms with Crippen molar-refractivity contribution in [3.8, 4) is 0 Å². The molecule has 2 amide bonds. The van der Waals surface area contributed by atoms with Crippen molar-refractivity contribution in [3.05, 3.63) is 84.4 Å². The Kier molecular flexibility index (Phi) is 6.09. The first-order valence-corrected chi connectivity index (χ1v) is 10.2. The first-order chi connectivity index (χ1) is 14.7. The Morgan fingerprint density at radius 3 is 2.33 bits per heavy atom. The van der Waals surface area contributed by atoms with Crippen LogP contribution in [0.15, 0.2) is 78.9 Å². The zero-order chi connectivity index (χ0) is 20.8.